The molecule has 0 bridgehead atoms. The van der Waals surface area contributed by atoms with Crippen molar-refractivity contribution in [3.05, 3.63) is 29.6 Å². The number of nitrogens with two attached hydrogens (primary N) is 1. The molecule has 1 fully saturated rings. The summed E-state index contributed by atoms with van der Waals surface area (Å²) in [4.78, 5) is 15.8. The molecule has 0 atom stereocenters. The molecule has 0 aromatic carbocycles. The third kappa shape index (κ3) is 3.68. The quantitative estimate of drug-likeness (QED) is 0.857. The number of aromatic nitrogens is 1. The Morgan fingerprint density at radius 2 is 2.29 bits per heavy atom. The van der Waals surface area contributed by atoms with Gasteiger partial charge in [0.2, 0.25) is 0 Å². The van der Waals surface area contributed by atoms with Gasteiger partial charge in [-0.2, -0.15) is 0 Å². The van der Waals surface area contributed by atoms with E-state index in [1.165, 1.54) is 19.3 Å². The Kier molecular flexibility index (Phi) is 5.38. The molecule has 0 unspecified atom stereocenters. The molecule has 1 saturated carbocycles. The Balaban J connectivity index is 0.00000144. The zero-order chi connectivity index (χ0) is 11.4. The number of halogens is 1. The number of carbonyl (C=O) groups excluding carboxylic acids is 1. The SMILES string of the molecule is Cl.NCc1cc(C(=O)NCC2CCC2)ccn1. The minimum atomic E-state index is -0.0241. The van der Waals surface area contributed by atoms with Gasteiger partial charge in [-0.25, -0.2) is 0 Å². The summed E-state index contributed by atoms with van der Waals surface area (Å²) in [6, 6.07) is 3.46. The second kappa shape index (κ2) is 6.57. The van der Waals surface area contributed by atoms with Crippen molar-refractivity contribution in [2.45, 2.75) is 25.8 Å². The third-order valence-corrected chi connectivity index (χ3v) is 3.06. The number of carbonyl (C=O) groups is 1. The summed E-state index contributed by atoms with van der Waals surface area (Å²) in [7, 11) is 0. The average Bonchev–Trinajstić information content (AvgIpc) is 2.27. The Hall–Kier alpha value is -1.13. The maximum absolute atomic E-state index is 11.8. The van der Waals surface area contributed by atoms with Crippen molar-refractivity contribution in [1.82, 2.24) is 10.3 Å². The highest BCUT2D eigenvalue weighted by atomic mass is 35.5. The van der Waals surface area contributed by atoms with Gasteiger partial charge in [-0.05, 0) is 30.9 Å². The number of pyridine rings is 1. The molecule has 1 aromatic rings. The zero-order valence-electron chi connectivity index (χ0n) is 9.69. The highest BCUT2D eigenvalue weighted by Gasteiger charge is 2.18. The summed E-state index contributed by atoms with van der Waals surface area (Å²) in [6.07, 6.45) is 5.41. The molecule has 0 radical (unpaired) electrons. The Bertz CT molecular complexity index is 380. The Morgan fingerprint density at radius 3 is 2.88 bits per heavy atom. The smallest absolute Gasteiger partial charge is 0.251 e. The summed E-state index contributed by atoms with van der Waals surface area (Å²) in [5.41, 5.74) is 6.87. The maximum Gasteiger partial charge on any atom is 0.251 e. The van der Waals surface area contributed by atoms with Crippen LogP contribution in [0.2, 0.25) is 0 Å². The largest absolute Gasteiger partial charge is 0.352 e. The molecule has 17 heavy (non-hydrogen) atoms. The second-order valence-electron chi connectivity index (χ2n) is 4.25. The van der Waals surface area contributed by atoms with Crippen molar-refractivity contribution >= 4 is 18.3 Å². The summed E-state index contributed by atoms with van der Waals surface area (Å²) in [6.45, 7) is 1.16. The fourth-order valence-corrected chi connectivity index (χ4v) is 1.77. The topological polar surface area (TPSA) is 68.0 Å². The third-order valence-electron chi connectivity index (χ3n) is 3.06. The molecule has 1 aliphatic rings. The van der Waals surface area contributed by atoms with Gasteiger partial charge < -0.3 is 11.1 Å². The maximum atomic E-state index is 11.8. The van der Waals surface area contributed by atoms with Gasteiger partial charge in [0.05, 0.1) is 5.69 Å². The number of nitrogens with one attached hydrogen (secondary N) is 1. The summed E-state index contributed by atoms with van der Waals surface area (Å²) in [5.74, 6) is 0.656. The van der Waals surface area contributed by atoms with Gasteiger partial charge in [0, 0.05) is 24.8 Å². The average molecular weight is 256 g/mol. The first kappa shape index (κ1) is 13.9. The molecule has 2 rings (SSSR count). The molecular formula is C12H18ClN3O. The van der Waals surface area contributed by atoms with E-state index < -0.39 is 0 Å². The van der Waals surface area contributed by atoms with Crippen molar-refractivity contribution in [3.63, 3.8) is 0 Å². The van der Waals surface area contributed by atoms with Crippen molar-refractivity contribution in [1.29, 1.82) is 0 Å². The fraction of sp³-hybridized carbons (Fsp3) is 0.500. The van der Waals surface area contributed by atoms with Crippen LogP contribution in [0.3, 0.4) is 0 Å². The highest BCUT2D eigenvalue weighted by Crippen LogP contribution is 2.25. The van der Waals surface area contributed by atoms with Crippen LogP contribution in [0.4, 0.5) is 0 Å². The van der Waals surface area contributed by atoms with E-state index in [0.717, 1.165) is 12.2 Å². The molecule has 1 aliphatic carbocycles. The molecular weight excluding hydrogens is 238 g/mol. The van der Waals surface area contributed by atoms with E-state index in [1.54, 1.807) is 18.3 Å². The standard InChI is InChI=1S/C12H17N3O.ClH/c13-7-11-6-10(4-5-14-11)12(16)15-8-9-2-1-3-9;/h4-6,9H,1-3,7-8,13H2,(H,15,16);1H. The molecule has 1 aromatic heterocycles. The van der Waals surface area contributed by atoms with E-state index in [0.29, 0.717) is 18.0 Å². The first-order valence-electron chi connectivity index (χ1n) is 5.73. The number of hydrogen-bond acceptors (Lipinski definition) is 3. The first-order chi connectivity index (χ1) is 7.79. The Morgan fingerprint density at radius 1 is 1.53 bits per heavy atom. The van der Waals surface area contributed by atoms with Crippen LogP contribution in [0, 0.1) is 5.92 Å². The minimum absolute atomic E-state index is 0. The molecule has 94 valence electrons. The van der Waals surface area contributed by atoms with E-state index in [9.17, 15) is 4.79 Å². The van der Waals surface area contributed by atoms with E-state index in [1.807, 2.05) is 0 Å². The minimum Gasteiger partial charge on any atom is -0.352 e. The van der Waals surface area contributed by atoms with E-state index in [4.69, 9.17) is 5.73 Å². The van der Waals surface area contributed by atoms with E-state index in [2.05, 4.69) is 10.3 Å². The lowest BCUT2D eigenvalue weighted by Crippen LogP contribution is -2.32. The number of rotatable bonds is 4. The summed E-state index contributed by atoms with van der Waals surface area (Å²) < 4.78 is 0. The molecule has 0 saturated heterocycles. The predicted molar refractivity (Wildman–Crippen MR) is 69.1 cm³/mol. The van der Waals surface area contributed by atoms with Crippen LogP contribution >= 0.6 is 12.4 Å². The molecule has 0 aliphatic heterocycles. The normalized spacial score (nSPS) is 14.6. The van der Waals surface area contributed by atoms with Gasteiger partial charge in [0.1, 0.15) is 0 Å². The molecule has 1 amide bonds. The number of amides is 1. The van der Waals surface area contributed by atoms with Crippen LogP contribution in [-0.2, 0) is 6.54 Å². The van der Waals surface area contributed by atoms with Crippen LogP contribution in [0.5, 0.6) is 0 Å². The van der Waals surface area contributed by atoms with Gasteiger partial charge in [-0.15, -0.1) is 12.4 Å². The van der Waals surface area contributed by atoms with Gasteiger partial charge in [0.15, 0.2) is 0 Å². The molecule has 4 nitrogen and oxygen atoms in total. The number of hydrogen-bond donors (Lipinski definition) is 2. The molecule has 0 spiro atoms. The van der Waals surface area contributed by atoms with Crippen LogP contribution in [0.15, 0.2) is 18.3 Å². The van der Waals surface area contributed by atoms with Crippen molar-refractivity contribution in [2.24, 2.45) is 11.7 Å². The number of nitrogens with zero attached hydrogens (tertiary/aromatic N) is 1. The highest BCUT2D eigenvalue weighted by molar-refractivity contribution is 5.94. The lowest BCUT2D eigenvalue weighted by molar-refractivity contribution is 0.0939. The first-order valence-corrected chi connectivity index (χ1v) is 5.73. The lowest BCUT2D eigenvalue weighted by Gasteiger charge is -2.25. The van der Waals surface area contributed by atoms with E-state index in [-0.39, 0.29) is 18.3 Å². The van der Waals surface area contributed by atoms with Crippen molar-refractivity contribution in [3.8, 4) is 0 Å². The summed E-state index contributed by atoms with van der Waals surface area (Å²) in [5, 5.41) is 2.94. The predicted octanol–water partition coefficient (Wildman–Crippen LogP) is 1.49. The molecule has 5 heteroatoms. The van der Waals surface area contributed by atoms with Gasteiger partial charge in [0.25, 0.3) is 5.91 Å². The molecule has 3 N–H and O–H groups in total. The van der Waals surface area contributed by atoms with Crippen LogP contribution in [-0.4, -0.2) is 17.4 Å². The van der Waals surface area contributed by atoms with Crippen LogP contribution in [0.25, 0.3) is 0 Å². The molecule has 1 heterocycles. The van der Waals surface area contributed by atoms with Gasteiger partial charge >= 0.3 is 0 Å². The van der Waals surface area contributed by atoms with Crippen molar-refractivity contribution < 1.29 is 4.79 Å². The van der Waals surface area contributed by atoms with E-state index >= 15 is 0 Å². The monoisotopic (exact) mass is 255 g/mol. The summed E-state index contributed by atoms with van der Waals surface area (Å²) >= 11 is 0. The fourth-order valence-electron chi connectivity index (χ4n) is 1.77. The van der Waals surface area contributed by atoms with Gasteiger partial charge in [-0.1, -0.05) is 6.42 Å². The second-order valence-corrected chi connectivity index (χ2v) is 4.25. The van der Waals surface area contributed by atoms with Crippen molar-refractivity contribution in [2.75, 3.05) is 6.54 Å². The van der Waals surface area contributed by atoms with Crippen LogP contribution < -0.4 is 11.1 Å². The van der Waals surface area contributed by atoms with Crippen LogP contribution in [0.1, 0.15) is 35.3 Å². The lowest BCUT2D eigenvalue weighted by atomic mass is 9.85. The zero-order valence-corrected chi connectivity index (χ0v) is 10.5. The Labute approximate surface area is 107 Å². The van der Waals surface area contributed by atoms with Gasteiger partial charge in [-0.3, -0.25) is 9.78 Å².